The number of anilines is 1. The number of likely N-dealkylation sites (tertiary alicyclic amines) is 1. The first-order valence-electron chi connectivity index (χ1n) is 13.8. The molecule has 3 heterocycles. The van der Waals surface area contributed by atoms with E-state index < -0.39 is 23.6 Å². The van der Waals surface area contributed by atoms with E-state index in [1.165, 1.54) is 7.11 Å². The molecule has 2 aromatic rings. The fraction of sp³-hybridized carbons (Fsp3) is 0.586. The summed E-state index contributed by atoms with van der Waals surface area (Å²) in [5, 5.41) is 13.4. The molecular formula is C29H39F2N3O5. The zero-order valence-corrected chi connectivity index (χ0v) is 23.0. The van der Waals surface area contributed by atoms with Crippen LogP contribution in [-0.2, 0) is 28.8 Å². The molecular weight excluding hydrogens is 508 g/mol. The van der Waals surface area contributed by atoms with Crippen LogP contribution in [0.2, 0.25) is 0 Å². The zero-order valence-electron chi connectivity index (χ0n) is 23.0. The van der Waals surface area contributed by atoms with Gasteiger partial charge in [-0.25, -0.2) is 13.8 Å². The van der Waals surface area contributed by atoms with E-state index >= 15 is 4.39 Å². The third-order valence-corrected chi connectivity index (χ3v) is 7.60. The minimum Gasteiger partial charge on any atom is -0.496 e. The molecule has 1 fully saturated rings. The molecule has 4 rings (SSSR count). The number of pyridine rings is 1. The monoisotopic (exact) mass is 547 g/mol. The van der Waals surface area contributed by atoms with E-state index in [1.807, 2.05) is 6.07 Å². The van der Waals surface area contributed by atoms with E-state index in [0.717, 1.165) is 74.0 Å². The number of nitrogens with one attached hydrogen (secondary N) is 1. The summed E-state index contributed by atoms with van der Waals surface area (Å²) in [7, 11) is 2.92. The van der Waals surface area contributed by atoms with Gasteiger partial charge in [0, 0.05) is 43.6 Å². The molecule has 8 nitrogen and oxygen atoms in total. The van der Waals surface area contributed by atoms with Crippen molar-refractivity contribution >= 4 is 11.8 Å². The predicted molar refractivity (Wildman–Crippen MR) is 144 cm³/mol. The predicted octanol–water partition coefficient (Wildman–Crippen LogP) is 4.93. The van der Waals surface area contributed by atoms with Gasteiger partial charge in [0.05, 0.1) is 25.9 Å². The number of aryl methyl sites for hydroxylation is 2. The van der Waals surface area contributed by atoms with Crippen molar-refractivity contribution in [3.8, 4) is 11.5 Å². The smallest absolute Gasteiger partial charge is 0.325 e. The van der Waals surface area contributed by atoms with Gasteiger partial charge in [-0.15, -0.1) is 0 Å². The Labute approximate surface area is 228 Å². The fourth-order valence-corrected chi connectivity index (χ4v) is 5.58. The number of hydrogen-bond acceptors (Lipinski definition) is 7. The zero-order chi connectivity index (χ0) is 27.9. The summed E-state index contributed by atoms with van der Waals surface area (Å²) < 4.78 is 46.6. The van der Waals surface area contributed by atoms with Crippen molar-refractivity contribution in [2.45, 2.75) is 70.4 Å². The average Bonchev–Trinajstić information content (AvgIpc) is 3.40. The first-order valence-corrected chi connectivity index (χ1v) is 13.8. The number of fused-ring (bicyclic) bond motifs is 1. The van der Waals surface area contributed by atoms with E-state index in [-0.39, 0.29) is 29.4 Å². The van der Waals surface area contributed by atoms with Crippen LogP contribution in [0.1, 0.15) is 67.5 Å². The van der Waals surface area contributed by atoms with Gasteiger partial charge in [0.2, 0.25) is 0 Å². The number of rotatable bonds is 13. The number of methoxy groups -OCH3 is 2. The number of aromatic nitrogens is 1. The molecule has 2 N–H and O–H groups in total. The number of carboxylic acids is 1. The minimum atomic E-state index is -1.36. The van der Waals surface area contributed by atoms with Crippen molar-refractivity contribution in [3.05, 3.63) is 46.2 Å². The number of aliphatic carboxylic acids is 1. The maximum atomic E-state index is 15.2. The lowest BCUT2D eigenvalue weighted by molar-refractivity contribution is -0.143. The highest BCUT2D eigenvalue weighted by Gasteiger charge is 2.39. The molecule has 1 aromatic heterocycles. The quantitative estimate of drug-likeness (QED) is 0.341. The number of carboxylic acid groups (broad SMARTS) is 1. The van der Waals surface area contributed by atoms with E-state index in [4.69, 9.17) is 19.2 Å². The second-order valence-corrected chi connectivity index (χ2v) is 10.1. The third kappa shape index (κ3) is 6.61. The Morgan fingerprint density at radius 3 is 2.77 bits per heavy atom. The van der Waals surface area contributed by atoms with E-state index in [9.17, 15) is 14.3 Å². The normalized spacial score (nSPS) is 17.9. The van der Waals surface area contributed by atoms with Crippen molar-refractivity contribution in [2.75, 3.05) is 45.8 Å². The van der Waals surface area contributed by atoms with E-state index in [0.29, 0.717) is 26.1 Å². The van der Waals surface area contributed by atoms with E-state index in [2.05, 4.69) is 5.32 Å². The lowest BCUT2D eigenvalue weighted by Crippen LogP contribution is -2.34. The molecule has 1 unspecified atom stereocenters. The molecule has 39 heavy (non-hydrogen) atoms. The first-order chi connectivity index (χ1) is 18.9. The van der Waals surface area contributed by atoms with Crippen LogP contribution in [0.5, 0.6) is 11.5 Å². The van der Waals surface area contributed by atoms with Gasteiger partial charge in [0.25, 0.3) is 0 Å². The number of nitrogens with zero attached hydrogens (tertiary/aromatic N) is 2. The molecule has 0 aliphatic carbocycles. The van der Waals surface area contributed by atoms with Crippen molar-refractivity contribution in [3.63, 3.8) is 0 Å². The molecule has 2 aliphatic heterocycles. The highest BCUT2D eigenvalue weighted by molar-refractivity contribution is 5.77. The lowest BCUT2D eigenvalue weighted by atomic mass is 9.98. The van der Waals surface area contributed by atoms with Gasteiger partial charge in [-0.2, -0.15) is 0 Å². The van der Waals surface area contributed by atoms with Gasteiger partial charge in [-0.3, -0.25) is 9.69 Å². The average molecular weight is 548 g/mol. The highest BCUT2D eigenvalue weighted by atomic mass is 19.1. The number of hydrogen-bond donors (Lipinski definition) is 2. The van der Waals surface area contributed by atoms with Crippen LogP contribution in [0.25, 0.3) is 0 Å². The fourth-order valence-electron chi connectivity index (χ4n) is 5.58. The summed E-state index contributed by atoms with van der Waals surface area (Å²) in [4.78, 5) is 18.7. The lowest BCUT2D eigenvalue weighted by Gasteiger charge is -2.27. The van der Waals surface area contributed by atoms with Crippen LogP contribution >= 0.6 is 0 Å². The second-order valence-electron chi connectivity index (χ2n) is 10.1. The molecule has 10 heteroatoms. The van der Waals surface area contributed by atoms with E-state index in [1.54, 1.807) is 18.9 Å². The van der Waals surface area contributed by atoms with Gasteiger partial charge in [-0.05, 0) is 56.6 Å². The number of benzene rings is 1. The Morgan fingerprint density at radius 2 is 2.05 bits per heavy atom. The van der Waals surface area contributed by atoms with Crippen molar-refractivity contribution in [1.29, 1.82) is 0 Å². The van der Waals surface area contributed by atoms with Gasteiger partial charge in [-0.1, -0.05) is 13.3 Å². The van der Waals surface area contributed by atoms with Gasteiger partial charge >= 0.3 is 5.97 Å². The van der Waals surface area contributed by atoms with Crippen LogP contribution in [0.3, 0.4) is 0 Å². The van der Waals surface area contributed by atoms with Gasteiger partial charge < -0.3 is 24.6 Å². The number of ether oxygens (including phenoxy) is 3. The molecule has 214 valence electrons. The topological polar surface area (TPSA) is 93.2 Å². The Hall–Kier alpha value is -2.98. The minimum absolute atomic E-state index is 0.127. The largest absolute Gasteiger partial charge is 0.496 e. The van der Waals surface area contributed by atoms with Gasteiger partial charge in [0.15, 0.2) is 11.6 Å². The molecule has 2 aliphatic rings. The summed E-state index contributed by atoms with van der Waals surface area (Å²) in [6.45, 7) is 3.91. The summed E-state index contributed by atoms with van der Waals surface area (Å²) in [5.41, 5.74) is 2.03. The maximum Gasteiger partial charge on any atom is 0.325 e. The number of carbonyl (C=O) groups is 1. The number of unbranched alkanes of at least 4 members (excludes halogenated alkanes) is 2. The maximum absolute atomic E-state index is 15.2. The summed E-state index contributed by atoms with van der Waals surface area (Å²) in [5.74, 6) is -1.26. The molecule has 0 spiro atoms. The molecule has 0 radical (unpaired) electrons. The van der Waals surface area contributed by atoms with Crippen LogP contribution in [0, 0.1) is 11.6 Å². The SMILES string of the molecule is CCc1cc(F)c(OC)c(C(C(=O)O)N2CC[C@@H](OCCCCCc3cc(OC)c4c(n3)NCCC4)C2)c1F. The Morgan fingerprint density at radius 1 is 1.23 bits per heavy atom. The molecule has 0 amide bonds. The molecule has 1 saturated heterocycles. The van der Waals surface area contributed by atoms with Gasteiger partial charge in [0.1, 0.15) is 23.4 Å². The van der Waals surface area contributed by atoms with Crippen molar-refractivity contribution in [2.24, 2.45) is 0 Å². The summed E-state index contributed by atoms with van der Waals surface area (Å²) in [6.07, 6.45) is 6.40. The summed E-state index contributed by atoms with van der Waals surface area (Å²) in [6, 6.07) is 1.75. The van der Waals surface area contributed by atoms with Crippen molar-refractivity contribution in [1.82, 2.24) is 9.88 Å². The van der Waals surface area contributed by atoms with Crippen LogP contribution in [0.4, 0.5) is 14.6 Å². The molecule has 1 aromatic carbocycles. The first kappa shape index (κ1) is 29.0. The number of halogens is 2. The highest BCUT2D eigenvalue weighted by Crippen LogP contribution is 2.38. The Balaban J connectivity index is 1.28. The molecule has 0 saturated carbocycles. The molecule has 0 bridgehead atoms. The van der Waals surface area contributed by atoms with Crippen LogP contribution in [-0.4, -0.2) is 67.5 Å². The standard InChI is InChI=1S/C29H39F2N3O5/c1-4-18-15-22(30)27(38-3)24(25(18)31)26(29(35)36)34-13-11-20(17-34)39-14-7-5-6-9-19-16-23(37-2)21-10-8-12-32-28(21)33-19/h15-16,20,26H,4-14,17H2,1-3H3,(H,32,33)(H,35,36)/t20-,26?/m1/s1. The Bertz CT molecular complexity index is 1150. The van der Waals surface area contributed by atoms with Crippen LogP contribution < -0.4 is 14.8 Å². The van der Waals surface area contributed by atoms with Crippen molar-refractivity contribution < 1.29 is 32.9 Å². The molecule has 2 atom stereocenters. The second kappa shape index (κ2) is 13.4. The summed E-state index contributed by atoms with van der Waals surface area (Å²) >= 11 is 0. The van der Waals surface area contributed by atoms with Crippen LogP contribution in [0.15, 0.2) is 12.1 Å². The Kier molecular flexibility index (Phi) is 9.96. The third-order valence-electron chi connectivity index (χ3n) is 7.60.